The van der Waals surface area contributed by atoms with Gasteiger partial charge in [0.25, 0.3) is 0 Å². The summed E-state index contributed by atoms with van der Waals surface area (Å²) in [4.78, 5) is 0. The Hall–Kier alpha value is -0.390. The minimum absolute atomic E-state index is 0.0367. The molecule has 5 heteroatoms. The maximum atomic E-state index is 11.8. The summed E-state index contributed by atoms with van der Waals surface area (Å²) in [6, 6.07) is 7.92. The zero-order chi connectivity index (χ0) is 15.7. The first-order valence-electron chi connectivity index (χ1n) is 7.34. The Morgan fingerprint density at radius 3 is 2.48 bits per heavy atom. The van der Waals surface area contributed by atoms with E-state index < -0.39 is 15.4 Å². The van der Waals surface area contributed by atoms with Gasteiger partial charge in [0, 0.05) is 17.1 Å². The molecule has 0 amide bonds. The quantitative estimate of drug-likeness (QED) is 0.878. The second-order valence-corrected chi connectivity index (χ2v) is 9.72. The minimum atomic E-state index is -3.01. The number of sulfone groups is 1. The average Bonchev–Trinajstić information content (AvgIpc) is 2.40. The van der Waals surface area contributed by atoms with Crippen molar-refractivity contribution in [2.24, 2.45) is 5.92 Å². The summed E-state index contributed by atoms with van der Waals surface area (Å²) in [6.45, 7) is 1.84. The summed E-state index contributed by atoms with van der Waals surface area (Å²) in [5, 5.41) is 10.5. The molecule has 2 rings (SSSR count). The average molecular weight is 375 g/mol. The van der Waals surface area contributed by atoms with E-state index in [-0.39, 0.29) is 11.2 Å². The van der Waals surface area contributed by atoms with E-state index in [0.717, 1.165) is 29.3 Å². The monoisotopic (exact) mass is 374 g/mol. The molecular weight excluding hydrogens is 352 g/mol. The van der Waals surface area contributed by atoms with E-state index in [1.54, 1.807) is 0 Å². The van der Waals surface area contributed by atoms with Crippen molar-refractivity contribution in [1.29, 1.82) is 0 Å². The fourth-order valence-corrected chi connectivity index (χ4v) is 4.70. The summed E-state index contributed by atoms with van der Waals surface area (Å²) in [5.41, 5.74) is 0.210. The molecule has 0 bridgehead atoms. The van der Waals surface area contributed by atoms with Gasteiger partial charge in [0.1, 0.15) is 9.84 Å². The Balaban J connectivity index is 2.09. The first kappa shape index (κ1) is 17.0. The molecule has 0 spiro atoms. The molecule has 1 N–H and O–H groups in total. The molecule has 0 saturated heterocycles. The summed E-state index contributed by atoms with van der Waals surface area (Å²) in [6.07, 6.45) is 4.94. The van der Waals surface area contributed by atoms with Crippen molar-refractivity contribution in [3.8, 4) is 0 Å². The summed E-state index contributed by atoms with van der Waals surface area (Å²) < 4.78 is 24.6. The SMILES string of the molecule is CC(O)(Cc1ccc(Br)cc1)C1CCCC(S(C)(=O)=O)C1. The number of hydrogen-bond donors (Lipinski definition) is 1. The van der Waals surface area contributed by atoms with Crippen LogP contribution in [0.4, 0.5) is 0 Å². The Morgan fingerprint density at radius 1 is 1.29 bits per heavy atom. The molecule has 21 heavy (non-hydrogen) atoms. The van der Waals surface area contributed by atoms with Crippen LogP contribution in [0.3, 0.4) is 0 Å². The largest absolute Gasteiger partial charge is 0.390 e. The predicted octanol–water partition coefficient (Wildman–Crippen LogP) is 3.35. The Morgan fingerprint density at radius 2 is 1.90 bits per heavy atom. The summed E-state index contributed by atoms with van der Waals surface area (Å²) in [5.74, 6) is 0.0367. The van der Waals surface area contributed by atoms with Crippen LogP contribution in [0, 0.1) is 5.92 Å². The Kier molecular flexibility index (Phi) is 5.16. The van der Waals surface area contributed by atoms with Crippen LogP contribution in [0.5, 0.6) is 0 Å². The molecule has 1 aromatic rings. The van der Waals surface area contributed by atoms with Gasteiger partial charge in [-0.1, -0.05) is 34.5 Å². The van der Waals surface area contributed by atoms with E-state index in [4.69, 9.17) is 0 Å². The molecule has 1 fully saturated rings. The van der Waals surface area contributed by atoms with Crippen molar-refractivity contribution < 1.29 is 13.5 Å². The summed E-state index contributed by atoms with van der Waals surface area (Å²) in [7, 11) is -3.01. The lowest BCUT2D eigenvalue weighted by molar-refractivity contribution is -0.0153. The van der Waals surface area contributed by atoms with E-state index in [1.165, 1.54) is 6.26 Å². The van der Waals surface area contributed by atoms with Gasteiger partial charge in [-0.15, -0.1) is 0 Å². The lowest BCUT2D eigenvalue weighted by Gasteiger charge is -2.38. The van der Waals surface area contributed by atoms with Crippen molar-refractivity contribution in [2.45, 2.75) is 49.9 Å². The van der Waals surface area contributed by atoms with E-state index in [0.29, 0.717) is 12.8 Å². The van der Waals surface area contributed by atoms with Crippen molar-refractivity contribution >= 4 is 25.8 Å². The van der Waals surface area contributed by atoms with E-state index >= 15 is 0 Å². The van der Waals surface area contributed by atoms with Gasteiger partial charge in [0.05, 0.1) is 10.9 Å². The van der Waals surface area contributed by atoms with E-state index in [2.05, 4.69) is 15.9 Å². The van der Waals surface area contributed by atoms with Crippen LogP contribution in [-0.4, -0.2) is 30.6 Å². The normalized spacial score (nSPS) is 26.3. The second-order valence-electron chi connectivity index (χ2n) is 6.48. The highest BCUT2D eigenvalue weighted by Crippen LogP contribution is 2.37. The number of halogens is 1. The van der Waals surface area contributed by atoms with Crippen molar-refractivity contribution in [1.82, 2.24) is 0 Å². The molecule has 118 valence electrons. The Bertz CT molecular complexity index is 578. The molecule has 1 saturated carbocycles. The van der Waals surface area contributed by atoms with Gasteiger partial charge >= 0.3 is 0 Å². The highest BCUT2D eigenvalue weighted by molar-refractivity contribution is 9.10. The lowest BCUT2D eigenvalue weighted by atomic mass is 9.75. The van der Waals surface area contributed by atoms with Crippen molar-refractivity contribution in [2.75, 3.05) is 6.26 Å². The van der Waals surface area contributed by atoms with Crippen molar-refractivity contribution in [3.63, 3.8) is 0 Å². The standard InChI is InChI=1S/C16H23BrO3S/c1-16(18,11-12-6-8-14(17)9-7-12)13-4-3-5-15(10-13)21(2,19)20/h6-9,13,15,18H,3-5,10-11H2,1-2H3. The first-order chi connectivity index (χ1) is 9.68. The van der Waals surface area contributed by atoms with Gasteiger partial charge in [-0.25, -0.2) is 8.42 Å². The molecule has 0 heterocycles. The fourth-order valence-electron chi connectivity index (χ4n) is 3.26. The molecule has 3 atom stereocenters. The molecule has 0 radical (unpaired) electrons. The molecular formula is C16H23BrO3S. The molecule has 1 aromatic carbocycles. The van der Waals surface area contributed by atoms with Crippen LogP contribution >= 0.6 is 15.9 Å². The molecule has 3 nitrogen and oxygen atoms in total. The Labute approximate surface area is 135 Å². The highest BCUT2D eigenvalue weighted by Gasteiger charge is 2.38. The van der Waals surface area contributed by atoms with Crippen LogP contribution in [0.1, 0.15) is 38.2 Å². The van der Waals surface area contributed by atoms with Gasteiger partial charge in [-0.05, 0) is 49.8 Å². The molecule has 1 aliphatic rings. The number of hydrogen-bond acceptors (Lipinski definition) is 3. The molecule has 1 aliphatic carbocycles. The summed E-state index contributed by atoms with van der Waals surface area (Å²) >= 11 is 3.40. The van der Waals surface area contributed by atoms with Gasteiger partial charge in [0.2, 0.25) is 0 Å². The first-order valence-corrected chi connectivity index (χ1v) is 10.1. The number of aliphatic hydroxyl groups is 1. The molecule has 0 aromatic heterocycles. The zero-order valence-electron chi connectivity index (χ0n) is 12.5. The van der Waals surface area contributed by atoms with E-state index in [9.17, 15) is 13.5 Å². The van der Waals surface area contributed by atoms with Gasteiger partial charge in [-0.2, -0.15) is 0 Å². The second kappa shape index (κ2) is 6.39. The maximum absolute atomic E-state index is 11.8. The van der Waals surface area contributed by atoms with Crippen LogP contribution < -0.4 is 0 Å². The fraction of sp³-hybridized carbons (Fsp3) is 0.625. The predicted molar refractivity (Wildman–Crippen MR) is 89.1 cm³/mol. The zero-order valence-corrected chi connectivity index (χ0v) is 15.0. The van der Waals surface area contributed by atoms with Crippen LogP contribution in [0.25, 0.3) is 0 Å². The third-order valence-electron chi connectivity index (χ3n) is 4.59. The smallest absolute Gasteiger partial charge is 0.150 e. The maximum Gasteiger partial charge on any atom is 0.150 e. The third kappa shape index (κ3) is 4.54. The van der Waals surface area contributed by atoms with Crippen molar-refractivity contribution in [3.05, 3.63) is 34.3 Å². The highest BCUT2D eigenvalue weighted by atomic mass is 79.9. The third-order valence-corrected chi connectivity index (χ3v) is 6.75. The number of rotatable bonds is 4. The van der Waals surface area contributed by atoms with Crippen LogP contribution in [0.15, 0.2) is 28.7 Å². The number of benzene rings is 1. The minimum Gasteiger partial charge on any atom is -0.390 e. The van der Waals surface area contributed by atoms with Gasteiger partial charge in [-0.3, -0.25) is 0 Å². The molecule has 0 aliphatic heterocycles. The topological polar surface area (TPSA) is 54.4 Å². The lowest BCUT2D eigenvalue weighted by Crippen LogP contribution is -2.42. The van der Waals surface area contributed by atoms with Crippen LogP contribution in [0.2, 0.25) is 0 Å². The van der Waals surface area contributed by atoms with Crippen LogP contribution in [-0.2, 0) is 16.3 Å². The van der Waals surface area contributed by atoms with Gasteiger partial charge < -0.3 is 5.11 Å². The van der Waals surface area contributed by atoms with Gasteiger partial charge in [0.15, 0.2) is 0 Å². The van der Waals surface area contributed by atoms with E-state index in [1.807, 2.05) is 31.2 Å². The molecule has 3 unspecified atom stereocenters.